The minimum absolute atomic E-state index is 0.0858. The van der Waals surface area contributed by atoms with Gasteiger partial charge in [0.1, 0.15) is 0 Å². The van der Waals surface area contributed by atoms with E-state index < -0.39 is 6.03 Å². The lowest BCUT2D eigenvalue weighted by atomic mass is 9.86. The summed E-state index contributed by atoms with van der Waals surface area (Å²) in [6.45, 7) is 15.0. The van der Waals surface area contributed by atoms with Crippen molar-refractivity contribution in [3.63, 3.8) is 0 Å². The third-order valence-corrected chi connectivity index (χ3v) is 7.53. The molecular formula is C32H37N5O. The molecule has 0 fully saturated rings. The lowest BCUT2D eigenvalue weighted by Crippen LogP contribution is -2.31. The molecule has 1 aliphatic heterocycles. The van der Waals surface area contributed by atoms with E-state index in [2.05, 4.69) is 92.8 Å². The van der Waals surface area contributed by atoms with Crippen LogP contribution in [0.15, 0.2) is 60.7 Å². The highest BCUT2D eigenvalue weighted by atomic mass is 16.2. The molecule has 0 radical (unpaired) electrons. The normalized spacial score (nSPS) is 13.4. The number of carbonyl (C=O) groups excluding carboxylic acids is 1. The standard InChI is InChI=1S/C32H37N5O/c1-20-10-13-24(32(4,5)6)18-28(20)36-17-16-27-26(19-36)30(23-11-14-25(15-12-23)34-31(33)38)37(35-27)29-21(2)8-7-9-22(29)3/h7-15,18H,16-17,19H2,1-6H3,(H3,33,34,38). The number of rotatable bonds is 4. The van der Waals surface area contributed by atoms with Gasteiger partial charge in [-0.05, 0) is 66.6 Å². The Balaban J connectivity index is 1.65. The van der Waals surface area contributed by atoms with Crippen molar-refractivity contribution in [2.24, 2.45) is 5.73 Å². The number of para-hydroxylation sites is 1. The molecule has 196 valence electrons. The Morgan fingerprint density at radius 2 is 1.63 bits per heavy atom. The quantitative estimate of drug-likeness (QED) is 0.318. The summed E-state index contributed by atoms with van der Waals surface area (Å²) in [4.78, 5) is 13.9. The maximum atomic E-state index is 11.4. The molecule has 0 unspecified atom stereocenters. The predicted molar refractivity (Wildman–Crippen MR) is 156 cm³/mol. The Morgan fingerprint density at radius 1 is 0.947 bits per heavy atom. The number of primary amides is 1. The zero-order valence-corrected chi connectivity index (χ0v) is 23.2. The summed E-state index contributed by atoms with van der Waals surface area (Å²) in [5, 5.41) is 7.86. The molecule has 3 N–H and O–H groups in total. The Morgan fingerprint density at radius 3 is 2.26 bits per heavy atom. The molecule has 0 bridgehead atoms. The molecule has 0 spiro atoms. The topological polar surface area (TPSA) is 76.2 Å². The van der Waals surface area contributed by atoms with Crippen LogP contribution in [0.1, 0.15) is 54.3 Å². The minimum Gasteiger partial charge on any atom is -0.366 e. The van der Waals surface area contributed by atoms with Crippen LogP contribution in [0, 0.1) is 20.8 Å². The summed E-state index contributed by atoms with van der Waals surface area (Å²) >= 11 is 0. The number of carbonyl (C=O) groups is 1. The van der Waals surface area contributed by atoms with Gasteiger partial charge in [-0.2, -0.15) is 5.10 Å². The van der Waals surface area contributed by atoms with Gasteiger partial charge in [-0.25, -0.2) is 9.48 Å². The summed E-state index contributed by atoms with van der Waals surface area (Å²) < 4.78 is 2.13. The van der Waals surface area contributed by atoms with Gasteiger partial charge in [-0.1, -0.05) is 63.2 Å². The van der Waals surface area contributed by atoms with Gasteiger partial charge in [0.15, 0.2) is 0 Å². The smallest absolute Gasteiger partial charge is 0.316 e. The number of fused-ring (bicyclic) bond motifs is 1. The number of hydrogen-bond donors (Lipinski definition) is 2. The number of anilines is 2. The maximum absolute atomic E-state index is 11.4. The highest BCUT2D eigenvalue weighted by molar-refractivity contribution is 5.88. The first-order chi connectivity index (χ1) is 18.0. The van der Waals surface area contributed by atoms with Crippen molar-refractivity contribution in [1.29, 1.82) is 0 Å². The molecule has 5 rings (SSSR count). The fourth-order valence-corrected chi connectivity index (χ4v) is 5.45. The SMILES string of the molecule is Cc1ccc(C(C)(C)C)cc1N1CCc2nn(-c3c(C)cccc3C)c(-c3ccc(NC(N)=O)cc3)c2C1. The van der Waals surface area contributed by atoms with Crippen molar-refractivity contribution in [1.82, 2.24) is 9.78 Å². The average Bonchev–Trinajstić information content (AvgIpc) is 3.22. The highest BCUT2D eigenvalue weighted by Gasteiger charge is 2.28. The van der Waals surface area contributed by atoms with Gasteiger partial charge in [-0.15, -0.1) is 0 Å². The molecule has 38 heavy (non-hydrogen) atoms. The number of urea groups is 1. The van der Waals surface area contributed by atoms with E-state index in [-0.39, 0.29) is 5.41 Å². The first-order valence-corrected chi connectivity index (χ1v) is 13.2. The third-order valence-electron chi connectivity index (χ3n) is 7.53. The van der Waals surface area contributed by atoms with Crippen LogP contribution < -0.4 is 16.0 Å². The fourth-order valence-electron chi connectivity index (χ4n) is 5.45. The molecule has 0 atom stereocenters. The van der Waals surface area contributed by atoms with Crippen LogP contribution in [0.2, 0.25) is 0 Å². The van der Waals surface area contributed by atoms with Gasteiger partial charge in [0.25, 0.3) is 0 Å². The van der Waals surface area contributed by atoms with E-state index in [4.69, 9.17) is 10.8 Å². The number of nitrogens with one attached hydrogen (secondary N) is 1. The van der Waals surface area contributed by atoms with Crippen molar-refractivity contribution in [2.45, 2.75) is 59.9 Å². The summed E-state index contributed by atoms with van der Waals surface area (Å²) in [6, 6.07) is 20.5. The second kappa shape index (κ2) is 9.67. The van der Waals surface area contributed by atoms with Crippen LogP contribution in [0.5, 0.6) is 0 Å². The lowest BCUT2D eigenvalue weighted by Gasteiger charge is -2.32. The molecular weight excluding hydrogens is 470 g/mol. The molecule has 0 saturated heterocycles. The molecule has 4 aromatic rings. The minimum atomic E-state index is -0.570. The van der Waals surface area contributed by atoms with Crippen molar-refractivity contribution in [3.8, 4) is 16.9 Å². The molecule has 3 aromatic carbocycles. The zero-order valence-electron chi connectivity index (χ0n) is 23.2. The monoisotopic (exact) mass is 507 g/mol. The van der Waals surface area contributed by atoms with Gasteiger partial charge in [0.05, 0.1) is 17.1 Å². The number of aryl methyl sites for hydroxylation is 3. The van der Waals surface area contributed by atoms with Gasteiger partial charge < -0.3 is 16.0 Å². The summed E-state index contributed by atoms with van der Waals surface area (Å²) in [7, 11) is 0. The second-order valence-electron chi connectivity index (χ2n) is 11.4. The Labute approximate surface area is 225 Å². The van der Waals surface area contributed by atoms with E-state index >= 15 is 0 Å². The molecule has 0 aliphatic carbocycles. The van der Waals surface area contributed by atoms with Crippen molar-refractivity contribution in [2.75, 3.05) is 16.8 Å². The number of aromatic nitrogens is 2. The van der Waals surface area contributed by atoms with Crippen LogP contribution in [-0.4, -0.2) is 22.4 Å². The molecule has 6 heteroatoms. The van der Waals surface area contributed by atoms with Crippen molar-refractivity contribution < 1.29 is 4.79 Å². The Kier molecular flexibility index (Phi) is 6.51. The maximum Gasteiger partial charge on any atom is 0.316 e. The van der Waals surface area contributed by atoms with Crippen LogP contribution in [-0.2, 0) is 18.4 Å². The summed E-state index contributed by atoms with van der Waals surface area (Å²) in [5.74, 6) is 0. The zero-order chi connectivity index (χ0) is 27.2. The van der Waals surface area contributed by atoms with E-state index in [9.17, 15) is 4.79 Å². The number of benzene rings is 3. The number of nitrogens with zero attached hydrogens (tertiary/aromatic N) is 3. The second-order valence-corrected chi connectivity index (χ2v) is 11.4. The Hall–Kier alpha value is -4.06. The first-order valence-electron chi connectivity index (χ1n) is 13.2. The van der Waals surface area contributed by atoms with Gasteiger partial charge in [0.2, 0.25) is 0 Å². The number of hydrogen-bond acceptors (Lipinski definition) is 3. The van der Waals surface area contributed by atoms with E-state index in [0.29, 0.717) is 5.69 Å². The predicted octanol–water partition coefficient (Wildman–Crippen LogP) is 6.82. The van der Waals surface area contributed by atoms with Crippen LogP contribution in [0.25, 0.3) is 16.9 Å². The molecule has 6 nitrogen and oxygen atoms in total. The van der Waals surface area contributed by atoms with Crippen LogP contribution >= 0.6 is 0 Å². The third kappa shape index (κ3) is 4.78. The largest absolute Gasteiger partial charge is 0.366 e. The summed E-state index contributed by atoms with van der Waals surface area (Å²) in [6.07, 6.45) is 0.876. The van der Waals surface area contributed by atoms with E-state index in [1.54, 1.807) is 0 Å². The highest BCUT2D eigenvalue weighted by Crippen LogP contribution is 2.38. The molecule has 1 aromatic heterocycles. The van der Waals surface area contributed by atoms with E-state index in [0.717, 1.165) is 42.1 Å². The summed E-state index contributed by atoms with van der Waals surface area (Å²) in [5.41, 5.74) is 18.0. The molecule has 2 heterocycles. The van der Waals surface area contributed by atoms with E-state index in [1.807, 2.05) is 24.3 Å². The first kappa shape index (κ1) is 25.6. The van der Waals surface area contributed by atoms with Crippen LogP contribution in [0.3, 0.4) is 0 Å². The van der Waals surface area contributed by atoms with Crippen molar-refractivity contribution in [3.05, 3.63) is 94.2 Å². The van der Waals surface area contributed by atoms with E-state index in [1.165, 1.54) is 33.5 Å². The van der Waals surface area contributed by atoms with Crippen LogP contribution in [0.4, 0.5) is 16.2 Å². The van der Waals surface area contributed by atoms with Gasteiger partial charge in [-0.3, -0.25) is 0 Å². The number of nitrogens with two attached hydrogens (primary N) is 1. The molecule has 1 aliphatic rings. The van der Waals surface area contributed by atoms with Crippen molar-refractivity contribution >= 4 is 17.4 Å². The number of amides is 2. The lowest BCUT2D eigenvalue weighted by molar-refractivity contribution is 0.259. The fraction of sp³-hybridized carbons (Fsp3) is 0.312. The molecule has 2 amide bonds. The molecule has 0 saturated carbocycles. The van der Waals surface area contributed by atoms with Gasteiger partial charge in [0, 0.05) is 42.0 Å². The average molecular weight is 508 g/mol. The van der Waals surface area contributed by atoms with Gasteiger partial charge >= 0.3 is 6.03 Å². The Bertz CT molecular complexity index is 1490.